The Balaban J connectivity index is 1.71. The molecular formula is C19H21N3O2. The van der Waals surface area contributed by atoms with Gasteiger partial charge >= 0.3 is 6.03 Å². The molecule has 2 aliphatic heterocycles. The lowest BCUT2D eigenvalue weighted by molar-refractivity contribution is 0.0400. The van der Waals surface area contributed by atoms with Crippen LogP contribution in [0.15, 0.2) is 48.8 Å². The maximum absolute atomic E-state index is 13.1. The first-order valence-electron chi connectivity index (χ1n) is 8.45. The molecule has 1 unspecified atom stereocenters. The van der Waals surface area contributed by atoms with Crippen molar-refractivity contribution in [2.75, 3.05) is 32.8 Å². The smallest absolute Gasteiger partial charge is 0.320 e. The predicted molar refractivity (Wildman–Crippen MR) is 90.7 cm³/mol. The molecule has 24 heavy (non-hydrogen) atoms. The van der Waals surface area contributed by atoms with Crippen LogP contribution in [0.25, 0.3) is 0 Å². The molecule has 0 radical (unpaired) electrons. The van der Waals surface area contributed by atoms with Gasteiger partial charge in [-0.05, 0) is 29.2 Å². The molecule has 2 amide bonds. The number of morpholine rings is 1. The number of carbonyl (C=O) groups excluding carboxylic acids is 1. The lowest BCUT2D eigenvalue weighted by Crippen LogP contribution is -2.51. The molecule has 2 aromatic rings. The van der Waals surface area contributed by atoms with Gasteiger partial charge in [-0.1, -0.05) is 30.3 Å². The molecule has 0 N–H and O–H groups in total. The number of benzene rings is 1. The van der Waals surface area contributed by atoms with Crippen molar-refractivity contribution in [2.24, 2.45) is 0 Å². The average Bonchev–Trinajstić information content (AvgIpc) is 2.68. The molecule has 5 heteroatoms. The minimum Gasteiger partial charge on any atom is -0.378 e. The molecule has 1 saturated heterocycles. The molecule has 1 atom stereocenters. The molecule has 0 aliphatic carbocycles. The third-order valence-electron chi connectivity index (χ3n) is 4.81. The van der Waals surface area contributed by atoms with Crippen molar-refractivity contribution < 1.29 is 9.53 Å². The lowest BCUT2D eigenvalue weighted by Gasteiger charge is -2.41. The number of carbonyl (C=O) groups is 1. The monoisotopic (exact) mass is 323 g/mol. The molecule has 1 aromatic carbocycles. The quantitative estimate of drug-likeness (QED) is 0.810. The summed E-state index contributed by atoms with van der Waals surface area (Å²) in [6, 6.07) is 12.4. The zero-order valence-electron chi connectivity index (χ0n) is 13.6. The summed E-state index contributed by atoms with van der Waals surface area (Å²) in [4.78, 5) is 21.3. The topological polar surface area (TPSA) is 45.7 Å². The van der Waals surface area contributed by atoms with Crippen molar-refractivity contribution in [3.8, 4) is 0 Å². The van der Waals surface area contributed by atoms with E-state index in [0.717, 1.165) is 18.5 Å². The van der Waals surface area contributed by atoms with E-state index in [1.165, 1.54) is 11.1 Å². The van der Waals surface area contributed by atoms with E-state index in [1.54, 1.807) is 6.20 Å². The average molecular weight is 323 g/mol. The molecule has 124 valence electrons. The summed E-state index contributed by atoms with van der Waals surface area (Å²) < 4.78 is 5.38. The Morgan fingerprint density at radius 3 is 2.71 bits per heavy atom. The van der Waals surface area contributed by atoms with Crippen molar-refractivity contribution >= 4 is 6.03 Å². The summed E-state index contributed by atoms with van der Waals surface area (Å²) in [6.45, 7) is 3.29. The molecule has 1 fully saturated rings. The van der Waals surface area contributed by atoms with E-state index >= 15 is 0 Å². The number of urea groups is 1. The Hall–Kier alpha value is -2.40. The van der Waals surface area contributed by atoms with Gasteiger partial charge in [-0.2, -0.15) is 0 Å². The Labute approximate surface area is 141 Å². The summed E-state index contributed by atoms with van der Waals surface area (Å²) in [5.74, 6) is 0. The van der Waals surface area contributed by atoms with Gasteiger partial charge in [0.1, 0.15) is 0 Å². The normalized spacial score (nSPS) is 20.6. The molecule has 0 spiro atoms. The first-order valence-corrected chi connectivity index (χ1v) is 8.45. The van der Waals surface area contributed by atoms with Gasteiger partial charge in [0.25, 0.3) is 0 Å². The molecule has 0 saturated carbocycles. The minimum absolute atomic E-state index is 0.0704. The highest BCUT2D eigenvalue weighted by atomic mass is 16.5. The summed E-state index contributed by atoms with van der Waals surface area (Å²) in [5, 5.41) is 0. The first-order chi connectivity index (χ1) is 11.8. The molecule has 4 rings (SSSR count). The predicted octanol–water partition coefficient (Wildman–Crippen LogP) is 2.48. The number of hydrogen-bond acceptors (Lipinski definition) is 3. The van der Waals surface area contributed by atoms with Gasteiger partial charge in [0.05, 0.1) is 19.3 Å². The second-order valence-corrected chi connectivity index (χ2v) is 6.21. The number of nitrogens with zero attached hydrogens (tertiary/aromatic N) is 3. The van der Waals surface area contributed by atoms with Gasteiger partial charge < -0.3 is 14.5 Å². The van der Waals surface area contributed by atoms with Crippen LogP contribution >= 0.6 is 0 Å². The highest BCUT2D eigenvalue weighted by molar-refractivity contribution is 5.76. The van der Waals surface area contributed by atoms with Crippen LogP contribution in [0.1, 0.15) is 22.7 Å². The van der Waals surface area contributed by atoms with Gasteiger partial charge in [-0.3, -0.25) is 4.98 Å². The summed E-state index contributed by atoms with van der Waals surface area (Å²) in [6.07, 6.45) is 4.53. The van der Waals surface area contributed by atoms with Crippen molar-refractivity contribution in [3.05, 3.63) is 65.5 Å². The van der Waals surface area contributed by atoms with E-state index in [0.29, 0.717) is 26.3 Å². The third-order valence-corrected chi connectivity index (χ3v) is 4.81. The number of pyridine rings is 1. The summed E-state index contributed by atoms with van der Waals surface area (Å²) in [5.41, 5.74) is 3.59. The van der Waals surface area contributed by atoms with Crippen molar-refractivity contribution in [3.63, 3.8) is 0 Å². The van der Waals surface area contributed by atoms with Crippen LogP contribution in [-0.2, 0) is 11.2 Å². The Morgan fingerprint density at radius 2 is 1.92 bits per heavy atom. The van der Waals surface area contributed by atoms with Crippen LogP contribution in [0, 0.1) is 0 Å². The van der Waals surface area contributed by atoms with Crippen LogP contribution in [0.4, 0.5) is 4.79 Å². The standard InChI is InChI=1S/C19H21N3O2/c23-19(21-10-12-24-13-11-21)22-9-7-15-4-1-2-6-17(15)18(22)16-5-3-8-20-14-16/h1-6,8,14,18H,7,9-13H2. The molecule has 1 aromatic heterocycles. The van der Waals surface area contributed by atoms with Crippen molar-refractivity contribution in [1.82, 2.24) is 14.8 Å². The Bertz CT molecular complexity index is 714. The number of fused-ring (bicyclic) bond motifs is 1. The van der Waals surface area contributed by atoms with Gasteiger partial charge in [-0.15, -0.1) is 0 Å². The SMILES string of the molecule is O=C(N1CCOCC1)N1CCc2ccccc2C1c1cccnc1. The lowest BCUT2D eigenvalue weighted by atomic mass is 9.89. The number of amides is 2. The maximum atomic E-state index is 13.1. The Kier molecular flexibility index (Phi) is 4.17. The number of hydrogen-bond donors (Lipinski definition) is 0. The van der Waals surface area contributed by atoms with Crippen LogP contribution in [0.3, 0.4) is 0 Å². The fraction of sp³-hybridized carbons (Fsp3) is 0.368. The van der Waals surface area contributed by atoms with Crippen LogP contribution in [0.2, 0.25) is 0 Å². The fourth-order valence-corrected chi connectivity index (χ4v) is 3.61. The Morgan fingerprint density at radius 1 is 1.08 bits per heavy atom. The molecule has 3 heterocycles. The highest BCUT2D eigenvalue weighted by Crippen LogP contribution is 2.35. The zero-order chi connectivity index (χ0) is 16.4. The highest BCUT2D eigenvalue weighted by Gasteiger charge is 2.34. The minimum atomic E-state index is -0.0704. The van der Waals surface area contributed by atoms with Gasteiger partial charge in [-0.25, -0.2) is 4.79 Å². The first kappa shape index (κ1) is 15.1. The third kappa shape index (κ3) is 2.76. The number of rotatable bonds is 1. The molecule has 2 aliphatic rings. The van der Waals surface area contributed by atoms with E-state index in [9.17, 15) is 4.79 Å². The van der Waals surface area contributed by atoms with E-state index in [1.807, 2.05) is 28.1 Å². The van der Waals surface area contributed by atoms with Crippen LogP contribution in [-0.4, -0.2) is 53.7 Å². The van der Waals surface area contributed by atoms with E-state index in [-0.39, 0.29) is 12.1 Å². The molecular weight excluding hydrogens is 302 g/mol. The zero-order valence-corrected chi connectivity index (χ0v) is 13.6. The molecule has 0 bridgehead atoms. The largest absolute Gasteiger partial charge is 0.378 e. The second kappa shape index (κ2) is 6.61. The van der Waals surface area contributed by atoms with Crippen molar-refractivity contribution in [2.45, 2.75) is 12.5 Å². The van der Waals surface area contributed by atoms with Gasteiger partial charge in [0.15, 0.2) is 0 Å². The van der Waals surface area contributed by atoms with E-state index in [2.05, 4.69) is 29.2 Å². The number of aromatic nitrogens is 1. The van der Waals surface area contributed by atoms with Gasteiger partial charge in [0, 0.05) is 32.0 Å². The molecule has 5 nitrogen and oxygen atoms in total. The van der Waals surface area contributed by atoms with Gasteiger partial charge in [0.2, 0.25) is 0 Å². The van der Waals surface area contributed by atoms with Crippen molar-refractivity contribution in [1.29, 1.82) is 0 Å². The van der Waals surface area contributed by atoms with E-state index in [4.69, 9.17) is 4.74 Å². The second-order valence-electron chi connectivity index (χ2n) is 6.21. The summed E-state index contributed by atoms with van der Waals surface area (Å²) >= 11 is 0. The summed E-state index contributed by atoms with van der Waals surface area (Å²) in [7, 11) is 0. The van der Waals surface area contributed by atoms with Crippen LogP contribution < -0.4 is 0 Å². The fourth-order valence-electron chi connectivity index (χ4n) is 3.61. The maximum Gasteiger partial charge on any atom is 0.320 e. The van der Waals surface area contributed by atoms with Crippen LogP contribution in [0.5, 0.6) is 0 Å². The number of ether oxygens (including phenoxy) is 1. The van der Waals surface area contributed by atoms with E-state index < -0.39 is 0 Å².